The van der Waals surface area contributed by atoms with Crippen LogP contribution in [0.4, 0.5) is 0 Å². The molecule has 0 spiro atoms. The molecule has 0 aliphatic carbocycles. The fourth-order valence-electron chi connectivity index (χ4n) is 2.08. The second kappa shape index (κ2) is 5.47. The van der Waals surface area contributed by atoms with Gasteiger partial charge in [0.05, 0.1) is 6.61 Å². The molecule has 0 aromatic carbocycles. The number of hydrogen-bond acceptors (Lipinski definition) is 3. The minimum absolute atomic E-state index is 0.0499. The number of amides is 1. The van der Waals surface area contributed by atoms with E-state index in [1.54, 1.807) is 25.3 Å². The topological polar surface area (TPSA) is 42.4 Å². The number of halogens is 1. The summed E-state index contributed by atoms with van der Waals surface area (Å²) in [5.41, 5.74) is 0.413. The maximum atomic E-state index is 12.1. The van der Waals surface area contributed by atoms with Crippen LogP contribution in [-0.2, 0) is 4.74 Å². The van der Waals surface area contributed by atoms with Crippen LogP contribution in [0.15, 0.2) is 18.2 Å². The molecule has 4 nitrogen and oxygen atoms in total. The van der Waals surface area contributed by atoms with Gasteiger partial charge in [-0.3, -0.25) is 4.79 Å². The van der Waals surface area contributed by atoms with Gasteiger partial charge in [-0.1, -0.05) is 17.7 Å². The minimum atomic E-state index is -0.0499. The van der Waals surface area contributed by atoms with E-state index in [0.29, 0.717) is 23.4 Å². The van der Waals surface area contributed by atoms with Crippen LogP contribution in [0.5, 0.6) is 0 Å². The van der Waals surface area contributed by atoms with Crippen molar-refractivity contribution in [2.45, 2.75) is 6.42 Å². The highest BCUT2D eigenvalue weighted by atomic mass is 35.5. The van der Waals surface area contributed by atoms with Gasteiger partial charge in [-0.2, -0.15) is 0 Å². The highest BCUT2D eigenvalue weighted by Crippen LogP contribution is 2.18. The van der Waals surface area contributed by atoms with Crippen LogP contribution in [-0.4, -0.2) is 42.6 Å². The lowest BCUT2D eigenvalue weighted by molar-refractivity contribution is 0.0770. The van der Waals surface area contributed by atoms with Gasteiger partial charge in [-0.15, -0.1) is 0 Å². The number of likely N-dealkylation sites (tertiary alicyclic amines) is 1. The van der Waals surface area contributed by atoms with Crippen LogP contribution in [0.1, 0.15) is 16.9 Å². The van der Waals surface area contributed by atoms with Crippen molar-refractivity contribution in [3.63, 3.8) is 0 Å². The lowest BCUT2D eigenvalue weighted by Crippen LogP contribution is -2.29. The monoisotopic (exact) mass is 254 g/mol. The predicted octanol–water partition coefficient (Wildman–Crippen LogP) is 1.84. The van der Waals surface area contributed by atoms with Gasteiger partial charge < -0.3 is 9.64 Å². The summed E-state index contributed by atoms with van der Waals surface area (Å²) in [6.07, 6.45) is 0.986. The molecule has 2 heterocycles. The molecule has 1 atom stereocenters. The Labute approximate surface area is 106 Å². The van der Waals surface area contributed by atoms with Crippen LogP contribution in [0.25, 0.3) is 0 Å². The van der Waals surface area contributed by atoms with Crippen LogP contribution in [0, 0.1) is 5.92 Å². The third kappa shape index (κ3) is 2.96. The molecule has 0 N–H and O–H groups in total. The van der Waals surface area contributed by atoms with E-state index in [2.05, 4.69) is 4.98 Å². The maximum absolute atomic E-state index is 12.1. The Morgan fingerprint density at radius 1 is 1.65 bits per heavy atom. The molecule has 1 aromatic rings. The molecule has 2 rings (SSSR count). The van der Waals surface area contributed by atoms with Crippen LogP contribution in [0.3, 0.4) is 0 Å². The minimum Gasteiger partial charge on any atom is -0.384 e. The molecule has 1 unspecified atom stereocenters. The van der Waals surface area contributed by atoms with Crippen LogP contribution >= 0.6 is 11.6 Å². The van der Waals surface area contributed by atoms with E-state index < -0.39 is 0 Å². The first kappa shape index (κ1) is 12.3. The Kier molecular flexibility index (Phi) is 3.97. The molecule has 1 aliphatic rings. The molecule has 1 aliphatic heterocycles. The van der Waals surface area contributed by atoms with E-state index >= 15 is 0 Å². The highest BCUT2D eigenvalue weighted by molar-refractivity contribution is 6.29. The Balaban J connectivity index is 2.02. The van der Waals surface area contributed by atoms with Crippen molar-refractivity contribution in [3.8, 4) is 0 Å². The quantitative estimate of drug-likeness (QED) is 0.773. The number of aromatic nitrogens is 1. The summed E-state index contributed by atoms with van der Waals surface area (Å²) in [4.78, 5) is 18.0. The molecule has 17 heavy (non-hydrogen) atoms. The number of carbonyl (C=O) groups excluding carboxylic acids is 1. The molecule has 92 valence electrons. The first-order valence-corrected chi connectivity index (χ1v) is 5.99. The number of ether oxygens (including phenoxy) is 1. The van der Waals surface area contributed by atoms with Crippen molar-refractivity contribution < 1.29 is 9.53 Å². The number of hydrogen-bond donors (Lipinski definition) is 0. The number of pyridine rings is 1. The van der Waals surface area contributed by atoms with Gasteiger partial charge in [0, 0.05) is 26.1 Å². The van der Waals surface area contributed by atoms with Crippen molar-refractivity contribution in [2.24, 2.45) is 5.92 Å². The molecule has 1 saturated heterocycles. The molecule has 5 heteroatoms. The zero-order chi connectivity index (χ0) is 12.3. The summed E-state index contributed by atoms with van der Waals surface area (Å²) < 4.78 is 5.10. The van der Waals surface area contributed by atoms with Gasteiger partial charge in [-0.25, -0.2) is 4.98 Å². The van der Waals surface area contributed by atoms with Crippen LogP contribution < -0.4 is 0 Å². The van der Waals surface area contributed by atoms with E-state index in [1.165, 1.54) is 0 Å². The summed E-state index contributed by atoms with van der Waals surface area (Å²) in [5.74, 6) is 0.384. The summed E-state index contributed by atoms with van der Waals surface area (Å²) in [6, 6.07) is 5.10. The Morgan fingerprint density at radius 2 is 2.47 bits per heavy atom. The van der Waals surface area contributed by atoms with Gasteiger partial charge >= 0.3 is 0 Å². The standard InChI is InChI=1S/C12H15ClN2O2/c1-17-8-9-5-6-15(7-9)12(16)10-3-2-4-11(13)14-10/h2-4,9H,5-8H2,1H3. The van der Waals surface area contributed by atoms with Crippen LogP contribution in [0.2, 0.25) is 5.15 Å². The number of carbonyl (C=O) groups is 1. The smallest absolute Gasteiger partial charge is 0.272 e. The molecule has 0 bridgehead atoms. The lowest BCUT2D eigenvalue weighted by Gasteiger charge is -2.15. The zero-order valence-corrected chi connectivity index (χ0v) is 10.5. The third-order valence-corrected chi connectivity index (χ3v) is 3.12. The summed E-state index contributed by atoms with van der Waals surface area (Å²) in [5, 5.41) is 0.350. The van der Waals surface area contributed by atoms with E-state index in [0.717, 1.165) is 19.5 Å². The predicted molar refractivity (Wildman–Crippen MR) is 65.1 cm³/mol. The van der Waals surface area contributed by atoms with Crippen molar-refractivity contribution in [3.05, 3.63) is 29.0 Å². The van der Waals surface area contributed by atoms with Crippen molar-refractivity contribution in [1.82, 2.24) is 9.88 Å². The van der Waals surface area contributed by atoms with Gasteiger partial charge in [0.15, 0.2) is 0 Å². The zero-order valence-electron chi connectivity index (χ0n) is 9.73. The normalized spacial score (nSPS) is 19.6. The second-order valence-electron chi connectivity index (χ2n) is 4.21. The van der Waals surface area contributed by atoms with Gasteiger partial charge in [-0.05, 0) is 18.6 Å². The first-order chi connectivity index (χ1) is 8.20. The van der Waals surface area contributed by atoms with Gasteiger partial charge in [0.25, 0.3) is 5.91 Å². The molecular formula is C12H15ClN2O2. The van der Waals surface area contributed by atoms with E-state index in [1.807, 2.05) is 4.90 Å². The molecule has 0 radical (unpaired) electrons. The Hall–Kier alpha value is -1.13. The fraction of sp³-hybridized carbons (Fsp3) is 0.500. The number of rotatable bonds is 3. The number of nitrogens with zero attached hydrogens (tertiary/aromatic N) is 2. The summed E-state index contributed by atoms with van der Waals surface area (Å²) in [7, 11) is 1.68. The largest absolute Gasteiger partial charge is 0.384 e. The average Bonchev–Trinajstić information content (AvgIpc) is 2.77. The first-order valence-electron chi connectivity index (χ1n) is 5.61. The second-order valence-corrected chi connectivity index (χ2v) is 4.59. The molecular weight excluding hydrogens is 240 g/mol. The molecule has 1 fully saturated rings. The Bertz CT molecular complexity index is 411. The fourth-order valence-corrected chi connectivity index (χ4v) is 2.24. The average molecular weight is 255 g/mol. The number of methoxy groups -OCH3 is 1. The highest BCUT2D eigenvalue weighted by Gasteiger charge is 2.27. The van der Waals surface area contributed by atoms with E-state index in [-0.39, 0.29) is 5.91 Å². The van der Waals surface area contributed by atoms with Gasteiger partial charge in [0.2, 0.25) is 0 Å². The molecule has 1 amide bonds. The maximum Gasteiger partial charge on any atom is 0.272 e. The molecule has 1 aromatic heterocycles. The SMILES string of the molecule is COCC1CCN(C(=O)c2cccc(Cl)n2)C1. The van der Waals surface area contributed by atoms with Crippen molar-refractivity contribution >= 4 is 17.5 Å². The van der Waals surface area contributed by atoms with E-state index in [9.17, 15) is 4.79 Å². The lowest BCUT2D eigenvalue weighted by atomic mass is 10.1. The Morgan fingerprint density at radius 3 is 3.18 bits per heavy atom. The van der Waals surface area contributed by atoms with Crippen molar-refractivity contribution in [1.29, 1.82) is 0 Å². The summed E-state index contributed by atoms with van der Waals surface area (Å²) >= 11 is 5.77. The van der Waals surface area contributed by atoms with Crippen molar-refractivity contribution in [2.75, 3.05) is 26.8 Å². The van der Waals surface area contributed by atoms with E-state index in [4.69, 9.17) is 16.3 Å². The molecule has 0 saturated carbocycles. The summed E-state index contributed by atoms with van der Waals surface area (Å²) in [6.45, 7) is 2.20. The third-order valence-electron chi connectivity index (χ3n) is 2.91. The van der Waals surface area contributed by atoms with Gasteiger partial charge in [0.1, 0.15) is 10.8 Å².